The molecular weight excluding hydrogens is 240 g/mol. The van der Waals surface area contributed by atoms with Crippen molar-refractivity contribution in [2.45, 2.75) is 0 Å². The molecule has 0 aliphatic carbocycles. The average molecular weight is 243 g/mol. The van der Waals surface area contributed by atoms with Gasteiger partial charge in [0.1, 0.15) is 0 Å². The Morgan fingerprint density at radius 3 is 2.07 bits per heavy atom. The van der Waals surface area contributed by atoms with Gasteiger partial charge in [-0.1, -0.05) is 0 Å². The molecule has 1 rings (SSSR count). The third-order valence-electron chi connectivity index (χ3n) is 1.22. The van der Waals surface area contributed by atoms with Crippen LogP contribution in [-0.2, 0) is 0 Å². The van der Waals surface area contributed by atoms with Crippen LogP contribution in [0.25, 0.3) is 0 Å². The van der Waals surface area contributed by atoms with Crippen LogP contribution in [0.3, 0.4) is 0 Å². The topological polar surface area (TPSA) is 93.2 Å². The van der Waals surface area contributed by atoms with E-state index in [9.17, 15) is 19.8 Å². The Bertz CT molecular complexity index is 309. The number of rotatable bonds is 2. The molecule has 0 saturated heterocycles. The molecule has 0 N–H and O–H groups in total. The average Bonchev–Trinajstić information content (AvgIpc) is 2.04. The Labute approximate surface area is 165 Å². The van der Waals surface area contributed by atoms with E-state index in [1.807, 2.05) is 0 Å². The standard InChI is InChI=1S/C7H5NO4.2K/c9-6(10)4-2-1-3-8-5(4)7(11)12;;/h1-3H,(H,9,10)(H,11,12);;/q;2*+1/p-2. The third kappa shape index (κ3) is 4.93. The minimum atomic E-state index is -1.63. The molecule has 0 aliphatic rings. The van der Waals surface area contributed by atoms with Gasteiger partial charge < -0.3 is 19.8 Å². The van der Waals surface area contributed by atoms with Crippen molar-refractivity contribution in [3.05, 3.63) is 29.6 Å². The SMILES string of the molecule is O=C([O-])c1cccnc1C(=O)[O-].[K+].[K+]. The molecule has 1 aromatic rings. The van der Waals surface area contributed by atoms with Gasteiger partial charge in [-0.2, -0.15) is 0 Å². The molecule has 0 unspecified atom stereocenters. The molecule has 0 amide bonds. The van der Waals surface area contributed by atoms with E-state index in [-0.39, 0.29) is 103 Å². The Morgan fingerprint density at radius 1 is 1.14 bits per heavy atom. The fourth-order valence-corrected chi connectivity index (χ4v) is 0.733. The molecule has 0 aromatic carbocycles. The summed E-state index contributed by atoms with van der Waals surface area (Å²) in [5, 5.41) is 20.5. The van der Waals surface area contributed by atoms with Crippen molar-refractivity contribution in [1.82, 2.24) is 4.98 Å². The minimum absolute atomic E-state index is 0. The van der Waals surface area contributed by atoms with Crippen molar-refractivity contribution in [3.63, 3.8) is 0 Å². The number of carboxylic acid groups (broad SMARTS) is 2. The van der Waals surface area contributed by atoms with Gasteiger partial charge >= 0.3 is 103 Å². The van der Waals surface area contributed by atoms with Crippen molar-refractivity contribution in [3.8, 4) is 0 Å². The maximum Gasteiger partial charge on any atom is 1.00 e. The van der Waals surface area contributed by atoms with Gasteiger partial charge in [0, 0.05) is 11.8 Å². The summed E-state index contributed by atoms with van der Waals surface area (Å²) in [7, 11) is 0. The zero-order valence-corrected chi connectivity index (χ0v) is 14.1. The fourth-order valence-electron chi connectivity index (χ4n) is 0.733. The van der Waals surface area contributed by atoms with Gasteiger partial charge in [0.15, 0.2) is 0 Å². The number of aromatic carboxylic acids is 2. The molecule has 0 aliphatic heterocycles. The molecule has 1 heterocycles. The minimum Gasteiger partial charge on any atom is -0.545 e. The quantitative estimate of drug-likeness (QED) is 0.481. The van der Waals surface area contributed by atoms with Gasteiger partial charge in [0.25, 0.3) is 0 Å². The van der Waals surface area contributed by atoms with Gasteiger partial charge in [0.2, 0.25) is 0 Å². The van der Waals surface area contributed by atoms with Crippen LogP contribution >= 0.6 is 0 Å². The van der Waals surface area contributed by atoms with E-state index in [1.54, 1.807) is 0 Å². The van der Waals surface area contributed by atoms with Gasteiger partial charge in [-0.25, -0.2) is 0 Å². The molecule has 0 saturated carbocycles. The number of hydrogen-bond donors (Lipinski definition) is 0. The number of nitrogens with zero attached hydrogens (tertiary/aromatic N) is 1. The summed E-state index contributed by atoms with van der Waals surface area (Å²) in [6.45, 7) is 0. The summed E-state index contributed by atoms with van der Waals surface area (Å²) in [6, 6.07) is 2.39. The summed E-state index contributed by atoms with van der Waals surface area (Å²) in [4.78, 5) is 23.9. The van der Waals surface area contributed by atoms with Gasteiger partial charge in [-0.05, 0) is 12.1 Å². The maximum atomic E-state index is 10.3. The summed E-state index contributed by atoms with van der Waals surface area (Å²) >= 11 is 0. The summed E-state index contributed by atoms with van der Waals surface area (Å²) in [5.74, 6) is -3.21. The number of hydrogen-bond acceptors (Lipinski definition) is 5. The van der Waals surface area contributed by atoms with Crippen LogP contribution in [0.4, 0.5) is 0 Å². The van der Waals surface area contributed by atoms with E-state index in [0.717, 1.165) is 12.3 Å². The Balaban J connectivity index is 0. The first-order valence-electron chi connectivity index (χ1n) is 3.00. The molecule has 62 valence electrons. The van der Waals surface area contributed by atoms with Crippen LogP contribution in [0, 0.1) is 0 Å². The van der Waals surface area contributed by atoms with E-state index < -0.39 is 23.2 Å². The van der Waals surface area contributed by atoms with Crippen LogP contribution < -0.4 is 113 Å². The first-order chi connectivity index (χ1) is 5.63. The Kier molecular flexibility index (Phi) is 10.8. The van der Waals surface area contributed by atoms with Crippen LogP contribution in [0.15, 0.2) is 18.3 Å². The van der Waals surface area contributed by atoms with E-state index in [0.29, 0.717) is 0 Å². The predicted octanol–water partition coefficient (Wildman–Crippen LogP) is -8.18. The van der Waals surface area contributed by atoms with Crippen LogP contribution in [0.1, 0.15) is 20.8 Å². The van der Waals surface area contributed by atoms with E-state index in [1.165, 1.54) is 6.07 Å². The number of carbonyl (C=O) groups excluding carboxylic acids is 2. The molecule has 7 heteroatoms. The molecule has 0 atom stereocenters. The zero-order valence-electron chi connectivity index (χ0n) is 7.81. The van der Waals surface area contributed by atoms with Crippen LogP contribution in [0.2, 0.25) is 0 Å². The maximum absolute atomic E-state index is 10.3. The summed E-state index contributed by atoms with van der Waals surface area (Å²) < 4.78 is 0. The van der Waals surface area contributed by atoms with Crippen LogP contribution in [0.5, 0.6) is 0 Å². The molecule has 0 radical (unpaired) electrons. The summed E-state index contributed by atoms with van der Waals surface area (Å²) in [6.07, 6.45) is 1.16. The van der Waals surface area contributed by atoms with E-state index in [2.05, 4.69) is 4.98 Å². The molecule has 0 spiro atoms. The molecule has 0 fully saturated rings. The number of aromatic nitrogens is 1. The Hall–Kier alpha value is 1.36. The zero-order chi connectivity index (χ0) is 9.14. The molecule has 14 heavy (non-hydrogen) atoms. The summed E-state index contributed by atoms with van der Waals surface area (Å²) in [5.41, 5.74) is -1.09. The largest absolute Gasteiger partial charge is 1.00 e. The molecule has 0 bridgehead atoms. The monoisotopic (exact) mass is 243 g/mol. The fraction of sp³-hybridized carbons (Fsp3) is 0. The third-order valence-corrected chi connectivity index (χ3v) is 1.22. The first kappa shape index (κ1) is 17.7. The molecule has 1 aromatic heterocycles. The second kappa shape index (κ2) is 8.51. The van der Waals surface area contributed by atoms with Gasteiger partial charge in [0.05, 0.1) is 17.6 Å². The molecular formula is C7H3K2NO4. The van der Waals surface area contributed by atoms with Gasteiger partial charge in [-0.15, -0.1) is 0 Å². The second-order valence-corrected chi connectivity index (χ2v) is 1.97. The predicted molar refractivity (Wildman–Crippen MR) is 32.9 cm³/mol. The van der Waals surface area contributed by atoms with E-state index in [4.69, 9.17) is 0 Å². The van der Waals surface area contributed by atoms with Crippen molar-refractivity contribution in [1.29, 1.82) is 0 Å². The second-order valence-electron chi connectivity index (χ2n) is 1.97. The smallest absolute Gasteiger partial charge is 0.545 e. The van der Waals surface area contributed by atoms with Gasteiger partial charge in [-0.3, -0.25) is 4.98 Å². The van der Waals surface area contributed by atoms with Crippen LogP contribution in [-0.4, -0.2) is 16.9 Å². The van der Waals surface area contributed by atoms with Crippen molar-refractivity contribution in [2.24, 2.45) is 0 Å². The normalized spacial score (nSPS) is 8.00. The Morgan fingerprint density at radius 2 is 1.71 bits per heavy atom. The van der Waals surface area contributed by atoms with Crippen molar-refractivity contribution < 1.29 is 123 Å². The number of pyridine rings is 1. The van der Waals surface area contributed by atoms with E-state index >= 15 is 0 Å². The molecule has 5 nitrogen and oxygen atoms in total. The number of carbonyl (C=O) groups is 2. The number of carboxylic acids is 2. The van der Waals surface area contributed by atoms with Crippen molar-refractivity contribution >= 4 is 11.9 Å². The van der Waals surface area contributed by atoms with Crippen molar-refractivity contribution in [2.75, 3.05) is 0 Å². The first-order valence-corrected chi connectivity index (χ1v) is 3.00.